The normalized spacial score (nSPS) is 12.4. The van der Waals surface area contributed by atoms with Gasteiger partial charge in [0.05, 0.1) is 11.1 Å². The van der Waals surface area contributed by atoms with E-state index in [1.54, 1.807) is 0 Å². The molecule has 19 heavy (non-hydrogen) atoms. The fraction of sp³-hybridized carbons (Fsp3) is 0.300. The summed E-state index contributed by atoms with van der Waals surface area (Å²) in [4.78, 5) is 11.4. The quantitative estimate of drug-likeness (QED) is 0.454. The summed E-state index contributed by atoms with van der Waals surface area (Å²) in [7, 11) is 0. The van der Waals surface area contributed by atoms with Crippen molar-refractivity contribution in [2.24, 2.45) is 0 Å². The summed E-state index contributed by atoms with van der Waals surface area (Å²) >= 11 is 15.9. The minimum Gasteiger partial charge on any atom is -0.458 e. The highest BCUT2D eigenvalue weighted by Crippen LogP contribution is 2.32. The predicted octanol–water partition coefficient (Wildman–Crippen LogP) is 4.37. The first-order valence-electron chi connectivity index (χ1n) is 4.61. The maximum Gasteiger partial charge on any atom is 0.419 e. The molecule has 1 aromatic rings. The Morgan fingerprint density at radius 2 is 1.79 bits per heavy atom. The Bertz CT molecular complexity index is 483. The van der Waals surface area contributed by atoms with Crippen molar-refractivity contribution in [3.05, 3.63) is 35.1 Å². The second-order valence-electron chi connectivity index (χ2n) is 3.38. The molecule has 0 saturated carbocycles. The molecule has 0 saturated heterocycles. The van der Waals surface area contributed by atoms with Crippen LogP contribution < -0.4 is 0 Å². The Morgan fingerprint density at radius 3 is 2.21 bits per heavy atom. The SMILES string of the molecule is O=C(OCC(Cl)(Cl)Cl)c1ccc(C(F)(F)F)c(F)c1. The minimum atomic E-state index is -4.84. The Morgan fingerprint density at radius 1 is 1.21 bits per heavy atom. The van der Waals surface area contributed by atoms with Crippen molar-refractivity contribution in [1.82, 2.24) is 0 Å². The second-order valence-corrected chi connectivity index (χ2v) is 5.90. The van der Waals surface area contributed by atoms with Gasteiger partial charge in [-0.15, -0.1) is 0 Å². The largest absolute Gasteiger partial charge is 0.458 e. The van der Waals surface area contributed by atoms with Crippen LogP contribution in [0.25, 0.3) is 0 Å². The van der Waals surface area contributed by atoms with Gasteiger partial charge in [-0.25, -0.2) is 9.18 Å². The van der Waals surface area contributed by atoms with Crippen molar-refractivity contribution in [3.63, 3.8) is 0 Å². The van der Waals surface area contributed by atoms with Crippen LogP contribution in [0.4, 0.5) is 17.6 Å². The summed E-state index contributed by atoms with van der Waals surface area (Å²) in [5.74, 6) is -2.69. The van der Waals surface area contributed by atoms with Crippen molar-refractivity contribution in [2.75, 3.05) is 6.61 Å². The molecule has 106 valence electrons. The summed E-state index contributed by atoms with van der Waals surface area (Å²) < 4.78 is 52.6. The molecular weight excluding hydrogens is 334 g/mol. The van der Waals surface area contributed by atoms with E-state index in [1.807, 2.05) is 0 Å². The lowest BCUT2D eigenvalue weighted by Crippen LogP contribution is -2.18. The number of hydrogen-bond donors (Lipinski definition) is 0. The lowest BCUT2D eigenvalue weighted by Gasteiger charge is -2.12. The van der Waals surface area contributed by atoms with E-state index in [4.69, 9.17) is 34.8 Å². The first kappa shape index (κ1) is 16.3. The lowest BCUT2D eigenvalue weighted by molar-refractivity contribution is -0.140. The zero-order valence-electron chi connectivity index (χ0n) is 8.90. The van der Waals surface area contributed by atoms with E-state index < -0.39 is 39.5 Å². The Kier molecular flexibility index (Phi) is 4.92. The average molecular weight is 339 g/mol. The molecular formula is C10H5Cl3F4O2. The molecule has 0 bridgehead atoms. The molecule has 0 fully saturated rings. The van der Waals surface area contributed by atoms with Gasteiger partial charge in [-0.1, -0.05) is 34.8 Å². The van der Waals surface area contributed by atoms with Crippen LogP contribution in [0, 0.1) is 5.82 Å². The molecule has 0 radical (unpaired) electrons. The van der Waals surface area contributed by atoms with Crippen LogP contribution in [-0.4, -0.2) is 16.4 Å². The van der Waals surface area contributed by atoms with Crippen molar-refractivity contribution >= 4 is 40.8 Å². The molecule has 0 aliphatic rings. The zero-order valence-corrected chi connectivity index (χ0v) is 11.2. The van der Waals surface area contributed by atoms with Crippen LogP contribution in [0.3, 0.4) is 0 Å². The van der Waals surface area contributed by atoms with Crippen LogP contribution in [0.2, 0.25) is 0 Å². The molecule has 0 N–H and O–H groups in total. The van der Waals surface area contributed by atoms with Crippen LogP contribution >= 0.6 is 34.8 Å². The fourth-order valence-corrected chi connectivity index (χ4v) is 1.27. The van der Waals surface area contributed by atoms with Crippen molar-refractivity contribution in [2.45, 2.75) is 9.97 Å². The molecule has 2 nitrogen and oxygen atoms in total. The highest BCUT2D eigenvalue weighted by Gasteiger charge is 2.34. The number of halogens is 7. The molecule has 0 aromatic heterocycles. The van der Waals surface area contributed by atoms with Gasteiger partial charge in [0.25, 0.3) is 0 Å². The first-order valence-corrected chi connectivity index (χ1v) is 5.75. The topological polar surface area (TPSA) is 26.3 Å². The minimum absolute atomic E-state index is 0.406. The van der Waals surface area contributed by atoms with E-state index in [-0.39, 0.29) is 0 Å². The summed E-state index contributed by atoms with van der Waals surface area (Å²) in [6, 6.07) is 1.61. The van der Waals surface area contributed by atoms with Crippen LogP contribution in [0.1, 0.15) is 15.9 Å². The molecule has 0 amide bonds. The number of ether oxygens (including phenoxy) is 1. The second kappa shape index (κ2) is 5.73. The first-order chi connectivity index (χ1) is 8.50. The van der Waals surface area contributed by atoms with E-state index in [1.165, 1.54) is 0 Å². The van der Waals surface area contributed by atoms with Gasteiger partial charge in [-0.05, 0) is 18.2 Å². The monoisotopic (exact) mass is 338 g/mol. The lowest BCUT2D eigenvalue weighted by atomic mass is 10.1. The molecule has 0 unspecified atom stereocenters. The third kappa shape index (κ3) is 5.04. The van der Waals surface area contributed by atoms with Gasteiger partial charge in [0.2, 0.25) is 3.79 Å². The maximum absolute atomic E-state index is 13.2. The van der Waals surface area contributed by atoms with Crippen molar-refractivity contribution in [3.8, 4) is 0 Å². The van der Waals surface area contributed by atoms with Gasteiger partial charge in [-0.2, -0.15) is 13.2 Å². The van der Waals surface area contributed by atoms with Gasteiger partial charge in [-0.3, -0.25) is 0 Å². The zero-order chi connectivity index (χ0) is 14.8. The number of alkyl halides is 6. The summed E-state index contributed by atoms with van der Waals surface area (Å²) in [5.41, 5.74) is -1.90. The third-order valence-corrected chi connectivity index (χ3v) is 2.20. The molecule has 0 aliphatic carbocycles. The Labute approximate surface area is 120 Å². The molecule has 0 aliphatic heterocycles. The number of carbonyl (C=O) groups is 1. The average Bonchev–Trinajstić information content (AvgIpc) is 2.22. The summed E-state index contributed by atoms with van der Waals surface area (Å²) in [6.45, 7) is -0.612. The van der Waals surface area contributed by atoms with Gasteiger partial charge in [0.15, 0.2) is 0 Å². The molecule has 9 heteroatoms. The van der Waals surface area contributed by atoms with E-state index >= 15 is 0 Å². The predicted molar refractivity (Wildman–Crippen MR) is 62.0 cm³/mol. The summed E-state index contributed by atoms with van der Waals surface area (Å²) in [5, 5.41) is 0. The molecule has 0 spiro atoms. The summed E-state index contributed by atoms with van der Waals surface area (Å²) in [6.07, 6.45) is -4.84. The Hall–Kier alpha value is -0.720. The van der Waals surface area contributed by atoms with Crippen molar-refractivity contribution in [1.29, 1.82) is 0 Å². The number of rotatable bonds is 2. The maximum atomic E-state index is 13.2. The molecule has 0 heterocycles. The van der Waals surface area contributed by atoms with Gasteiger partial charge >= 0.3 is 12.1 Å². The van der Waals surface area contributed by atoms with Gasteiger partial charge in [0.1, 0.15) is 12.4 Å². The van der Waals surface area contributed by atoms with Crippen LogP contribution in [-0.2, 0) is 10.9 Å². The van der Waals surface area contributed by atoms with E-state index in [2.05, 4.69) is 4.74 Å². The number of hydrogen-bond acceptors (Lipinski definition) is 2. The van der Waals surface area contributed by atoms with E-state index in [9.17, 15) is 22.4 Å². The standard InChI is InChI=1S/C10H5Cl3F4O2/c11-9(12,13)4-19-8(18)5-1-2-6(7(14)3-5)10(15,16)17/h1-3H,4H2. The van der Waals surface area contributed by atoms with Crippen LogP contribution in [0.15, 0.2) is 18.2 Å². The Balaban J connectivity index is 2.87. The van der Waals surface area contributed by atoms with Gasteiger partial charge in [0, 0.05) is 0 Å². The van der Waals surface area contributed by atoms with E-state index in [0.717, 1.165) is 6.07 Å². The number of carbonyl (C=O) groups excluding carboxylic acids is 1. The van der Waals surface area contributed by atoms with Crippen molar-refractivity contribution < 1.29 is 27.1 Å². The smallest absolute Gasteiger partial charge is 0.419 e. The molecule has 0 atom stereocenters. The van der Waals surface area contributed by atoms with Crippen LogP contribution in [0.5, 0.6) is 0 Å². The van der Waals surface area contributed by atoms with E-state index in [0.29, 0.717) is 12.1 Å². The highest BCUT2D eigenvalue weighted by atomic mass is 35.6. The number of esters is 1. The molecule has 1 rings (SSSR count). The fourth-order valence-electron chi connectivity index (χ4n) is 1.10. The molecule has 1 aromatic carbocycles. The number of benzene rings is 1. The van der Waals surface area contributed by atoms with Gasteiger partial charge < -0.3 is 4.74 Å². The third-order valence-electron chi connectivity index (χ3n) is 1.88. The highest BCUT2D eigenvalue weighted by molar-refractivity contribution is 6.67.